The molecule has 4 rings (SSSR count). The van der Waals surface area contributed by atoms with Crippen molar-refractivity contribution in [2.45, 2.75) is 38.0 Å². The molecule has 0 unspecified atom stereocenters. The van der Waals surface area contributed by atoms with Crippen molar-refractivity contribution in [3.8, 4) is 5.88 Å². The molecule has 158 valence electrons. The van der Waals surface area contributed by atoms with Crippen LogP contribution in [0.25, 0.3) is 0 Å². The molecule has 9 heteroatoms. The zero-order valence-electron chi connectivity index (χ0n) is 16.4. The molecule has 0 bridgehead atoms. The minimum atomic E-state index is -0.771. The molecule has 1 aliphatic heterocycles. The van der Waals surface area contributed by atoms with Crippen molar-refractivity contribution < 1.29 is 23.8 Å². The van der Waals surface area contributed by atoms with Crippen LogP contribution >= 0.6 is 0 Å². The monoisotopic (exact) mass is 414 g/mol. The number of hydrogen-bond donors (Lipinski definition) is 2. The van der Waals surface area contributed by atoms with Crippen LogP contribution in [0.3, 0.4) is 0 Å². The molecule has 1 aromatic carbocycles. The highest BCUT2D eigenvalue weighted by Gasteiger charge is 2.31. The number of fused-ring (bicyclic) bond motifs is 1. The van der Waals surface area contributed by atoms with Gasteiger partial charge in [-0.25, -0.2) is 14.4 Å². The molecule has 2 heterocycles. The Morgan fingerprint density at radius 1 is 1.27 bits per heavy atom. The van der Waals surface area contributed by atoms with E-state index in [1.807, 2.05) is 6.07 Å². The number of carbonyl (C=O) groups is 2. The van der Waals surface area contributed by atoms with Gasteiger partial charge in [0.15, 0.2) is 0 Å². The van der Waals surface area contributed by atoms with Crippen LogP contribution in [0.4, 0.5) is 15.9 Å². The van der Waals surface area contributed by atoms with E-state index in [1.54, 1.807) is 6.07 Å². The standard InChI is InChI=1S/C21H23FN4O4/c22-15-10-14(13-3-1-12(2-4-13)9-17(27)28)5-6-16(15)26-7-8-30-20-18(21(26)29)19(23)24-11-25-20/h5-6,10-13H,1-4,7-9H2,(H,27,28)(H2,23,24,25). The number of benzene rings is 1. The number of rotatable bonds is 4. The first-order chi connectivity index (χ1) is 14.4. The van der Waals surface area contributed by atoms with E-state index >= 15 is 4.39 Å². The number of hydrogen-bond acceptors (Lipinski definition) is 6. The third kappa shape index (κ3) is 3.92. The van der Waals surface area contributed by atoms with Crippen LogP contribution in [-0.2, 0) is 4.79 Å². The average molecular weight is 414 g/mol. The minimum Gasteiger partial charge on any atom is -0.481 e. The summed E-state index contributed by atoms with van der Waals surface area (Å²) >= 11 is 0. The number of ether oxygens (including phenoxy) is 1. The Balaban J connectivity index is 1.53. The molecule has 8 nitrogen and oxygen atoms in total. The fourth-order valence-electron chi connectivity index (χ4n) is 4.34. The molecular weight excluding hydrogens is 391 g/mol. The third-order valence-corrected chi connectivity index (χ3v) is 5.90. The predicted octanol–water partition coefficient (Wildman–Crippen LogP) is 2.99. The average Bonchev–Trinajstić information content (AvgIpc) is 2.88. The molecule has 2 aliphatic rings. The first kappa shape index (κ1) is 20.1. The lowest BCUT2D eigenvalue weighted by molar-refractivity contribution is -0.138. The number of nitrogens with two attached hydrogens (primary N) is 1. The van der Waals surface area contributed by atoms with Crippen LogP contribution in [-0.4, -0.2) is 40.1 Å². The normalized spacial score (nSPS) is 21.5. The Kier molecular flexibility index (Phi) is 5.52. The summed E-state index contributed by atoms with van der Waals surface area (Å²) in [5.41, 5.74) is 6.89. The lowest BCUT2D eigenvalue weighted by atomic mass is 9.77. The SMILES string of the molecule is Nc1ncnc2c1C(=O)N(c1ccc(C3CCC(CC(=O)O)CC3)cc1F)CCO2. The quantitative estimate of drug-likeness (QED) is 0.789. The molecule has 1 saturated carbocycles. The second kappa shape index (κ2) is 8.25. The van der Waals surface area contributed by atoms with Gasteiger partial charge in [0, 0.05) is 6.42 Å². The first-order valence-corrected chi connectivity index (χ1v) is 10.0. The van der Waals surface area contributed by atoms with E-state index in [2.05, 4.69) is 9.97 Å². The van der Waals surface area contributed by atoms with E-state index in [1.165, 1.54) is 17.3 Å². The molecule has 1 aromatic heterocycles. The molecule has 2 aromatic rings. The minimum absolute atomic E-state index is 0.00736. The Morgan fingerprint density at radius 2 is 2.03 bits per heavy atom. The van der Waals surface area contributed by atoms with Gasteiger partial charge < -0.3 is 20.5 Å². The Labute approximate surface area is 172 Å². The van der Waals surface area contributed by atoms with Crippen LogP contribution in [0, 0.1) is 11.7 Å². The van der Waals surface area contributed by atoms with Crippen LogP contribution in [0.1, 0.15) is 53.9 Å². The lowest BCUT2D eigenvalue weighted by Crippen LogP contribution is -2.33. The first-order valence-electron chi connectivity index (χ1n) is 10.0. The fraction of sp³-hybridized carbons (Fsp3) is 0.429. The molecule has 0 spiro atoms. The summed E-state index contributed by atoms with van der Waals surface area (Å²) in [7, 11) is 0. The number of amides is 1. The summed E-state index contributed by atoms with van der Waals surface area (Å²) in [6.07, 6.45) is 4.70. The van der Waals surface area contributed by atoms with Crippen molar-refractivity contribution in [3.63, 3.8) is 0 Å². The molecule has 1 aliphatic carbocycles. The summed E-state index contributed by atoms with van der Waals surface area (Å²) in [6, 6.07) is 4.92. The van der Waals surface area contributed by atoms with Gasteiger partial charge >= 0.3 is 5.97 Å². The number of aromatic nitrogens is 2. The molecular formula is C21H23FN4O4. The maximum atomic E-state index is 15.0. The van der Waals surface area contributed by atoms with E-state index in [4.69, 9.17) is 15.6 Å². The van der Waals surface area contributed by atoms with Gasteiger partial charge in [-0.3, -0.25) is 9.59 Å². The highest BCUT2D eigenvalue weighted by Crippen LogP contribution is 2.38. The van der Waals surface area contributed by atoms with Crippen molar-refractivity contribution in [2.24, 2.45) is 5.92 Å². The molecule has 1 fully saturated rings. The molecule has 0 saturated heterocycles. The summed E-state index contributed by atoms with van der Waals surface area (Å²) < 4.78 is 20.5. The van der Waals surface area contributed by atoms with Crippen molar-refractivity contribution in [1.29, 1.82) is 0 Å². The molecule has 1 amide bonds. The summed E-state index contributed by atoms with van der Waals surface area (Å²) in [6.45, 7) is 0.315. The Morgan fingerprint density at radius 3 is 2.73 bits per heavy atom. The number of nitrogens with zero attached hydrogens (tertiary/aromatic N) is 3. The zero-order valence-corrected chi connectivity index (χ0v) is 16.4. The predicted molar refractivity (Wildman–Crippen MR) is 107 cm³/mol. The van der Waals surface area contributed by atoms with Gasteiger partial charge in [-0.1, -0.05) is 6.07 Å². The number of aliphatic carboxylic acids is 1. The number of carboxylic acid groups (broad SMARTS) is 1. The van der Waals surface area contributed by atoms with Crippen LogP contribution < -0.4 is 15.4 Å². The lowest BCUT2D eigenvalue weighted by Gasteiger charge is -2.28. The smallest absolute Gasteiger partial charge is 0.303 e. The fourth-order valence-corrected chi connectivity index (χ4v) is 4.34. The van der Waals surface area contributed by atoms with Crippen molar-refractivity contribution in [1.82, 2.24) is 9.97 Å². The molecule has 3 N–H and O–H groups in total. The van der Waals surface area contributed by atoms with Gasteiger partial charge in [-0.2, -0.15) is 0 Å². The zero-order chi connectivity index (χ0) is 21.3. The Hall–Kier alpha value is -3.23. The van der Waals surface area contributed by atoms with Gasteiger partial charge in [0.2, 0.25) is 5.88 Å². The highest BCUT2D eigenvalue weighted by atomic mass is 19.1. The molecule has 0 radical (unpaired) electrons. The number of halogens is 1. The molecule has 0 atom stereocenters. The van der Waals surface area contributed by atoms with Gasteiger partial charge in [0.1, 0.15) is 30.1 Å². The summed E-state index contributed by atoms with van der Waals surface area (Å²) in [5, 5.41) is 8.95. The van der Waals surface area contributed by atoms with Gasteiger partial charge in [0.25, 0.3) is 5.91 Å². The number of carbonyl (C=O) groups excluding carboxylic acids is 1. The largest absolute Gasteiger partial charge is 0.481 e. The highest BCUT2D eigenvalue weighted by molar-refractivity contribution is 6.10. The van der Waals surface area contributed by atoms with Crippen LogP contribution in [0.5, 0.6) is 5.88 Å². The van der Waals surface area contributed by atoms with Crippen molar-refractivity contribution in [2.75, 3.05) is 23.8 Å². The molecule has 30 heavy (non-hydrogen) atoms. The van der Waals surface area contributed by atoms with Gasteiger partial charge in [-0.05, 0) is 55.2 Å². The van der Waals surface area contributed by atoms with Crippen LogP contribution in [0.2, 0.25) is 0 Å². The van der Waals surface area contributed by atoms with Crippen molar-refractivity contribution >= 4 is 23.4 Å². The second-order valence-corrected chi connectivity index (χ2v) is 7.77. The topological polar surface area (TPSA) is 119 Å². The third-order valence-electron chi connectivity index (χ3n) is 5.90. The number of nitrogen functional groups attached to an aromatic ring is 1. The van der Waals surface area contributed by atoms with E-state index < -0.39 is 17.7 Å². The number of carboxylic acids is 1. The maximum Gasteiger partial charge on any atom is 0.303 e. The summed E-state index contributed by atoms with van der Waals surface area (Å²) in [5.74, 6) is -1.30. The second-order valence-electron chi connectivity index (χ2n) is 7.77. The van der Waals surface area contributed by atoms with Crippen LogP contribution in [0.15, 0.2) is 24.5 Å². The van der Waals surface area contributed by atoms with E-state index in [-0.39, 0.29) is 54.4 Å². The number of anilines is 2. The van der Waals surface area contributed by atoms with Gasteiger partial charge in [0.05, 0.1) is 12.2 Å². The van der Waals surface area contributed by atoms with Gasteiger partial charge in [-0.15, -0.1) is 0 Å². The maximum absolute atomic E-state index is 15.0. The Bertz CT molecular complexity index is 975. The van der Waals surface area contributed by atoms with E-state index in [0.29, 0.717) is 0 Å². The summed E-state index contributed by atoms with van der Waals surface area (Å²) in [4.78, 5) is 33.0. The van der Waals surface area contributed by atoms with E-state index in [0.717, 1.165) is 31.2 Å². The van der Waals surface area contributed by atoms with Crippen molar-refractivity contribution in [3.05, 3.63) is 41.5 Å². The van der Waals surface area contributed by atoms with E-state index in [9.17, 15) is 9.59 Å².